The van der Waals surface area contributed by atoms with E-state index in [0.717, 1.165) is 10.6 Å². The molecular formula is C15H19ClN2O4S. The molecule has 126 valence electrons. The van der Waals surface area contributed by atoms with Crippen molar-refractivity contribution in [3.8, 4) is 16.2 Å². The van der Waals surface area contributed by atoms with Crippen LogP contribution in [0.1, 0.15) is 26.5 Å². The van der Waals surface area contributed by atoms with Gasteiger partial charge in [-0.25, -0.2) is 9.78 Å². The normalized spacial score (nSPS) is 10.6. The Hall–Kier alpha value is -1.99. The highest BCUT2D eigenvalue weighted by Gasteiger charge is 2.19. The standard InChI is InChI=1S/C15H18N2O4S.ClH/c1-9-12(10-7-5-6-8-11(10)18)22-13(16-9)17-21-14(19)20-15(2,3)4;/h5-8,18H,1-4H3,(H,16,17);1H. The Balaban J connectivity index is 0.00000264. The van der Waals surface area contributed by atoms with Crippen molar-refractivity contribution in [1.29, 1.82) is 0 Å². The van der Waals surface area contributed by atoms with Gasteiger partial charge in [0.05, 0.1) is 10.6 Å². The highest BCUT2D eigenvalue weighted by Crippen LogP contribution is 2.37. The summed E-state index contributed by atoms with van der Waals surface area (Å²) in [4.78, 5) is 21.4. The number of hydrogen-bond acceptors (Lipinski definition) is 7. The number of aromatic nitrogens is 1. The van der Waals surface area contributed by atoms with Crippen molar-refractivity contribution in [3.63, 3.8) is 0 Å². The van der Waals surface area contributed by atoms with E-state index in [0.29, 0.717) is 10.7 Å². The minimum atomic E-state index is -0.829. The Morgan fingerprint density at radius 3 is 2.57 bits per heavy atom. The second-order valence-electron chi connectivity index (χ2n) is 5.62. The number of anilines is 1. The van der Waals surface area contributed by atoms with Gasteiger partial charge in [-0.2, -0.15) is 5.48 Å². The topological polar surface area (TPSA) is 80.7 Å². The van der Waals surface area contributed by atoms with Gasteiger partial charge in [-0.05, 0) is 39.8 Å². The number of phenolic OH excluding ortho intramolecular Hbond substituents is 1. The van der Waals surface area contributed by atoms with Crippen LogP contribution in [0.4, 0.5) is 9.93 Å². The zero-order valence-electron chi connectivity index (χ0n) is 13.2. The van der Waals surface area contributed by atoms with Crippen molar-refractivity contribution in [3.05, 3.63) is 30.0 Å². The lowest BCUT2D eigenvalue weighted by Gasteiger charge is -2.18. The first-order valence-corrected chi connectivity index (χ1v) is 7.49. The maximum Gasteiger partial charge on any atom is 0.533 e. The Morgan fingerprint density at radius 1 is 1.30 bits per heavy atom. The largest absolute Gasteiger partial charge is 0.533 e. The van der Waals surface area contributed by atoms with E-state index in [1.165, 1.54) is 11.3 Å². The molecule has 2 N–H and O–H groups in total. The number of carbonyl (C=O) groups is 1. The third-order valence-electron chi connectivity index (χ3n) is 2.56. The third kappa shape index (κ3) is 5.30. The second kappa shape index (κ2) is 7.52. The summed E-state index contributed by atoms with van der Waals surface area (Å²) in [7, 11) is 0. The van der Waals surface area contributed by atoms with E-state index in [9.17, 15) is 9.90 Å². The molecule has 0 fully saturated rings. The summed E-state index contributed by atoms with van der Waals surface area (Å²) in [5.74, 6) is 0.175. The highest BCUT2D eigenvalue weighted by atomic mass is 35.5. The fraction of sp³-hybridized carbons (Fsp3) is 0.333. The lowest BCUT2D eigenvalue weighted by Crippen LogP contribution is -2.25. The predicted octanol–water partition coefficient (Wildman–Crippen LogP) is 4.52. The number of phenols is 1. The summed E-state index contributed by atoms with van der Waals surface area (Å²) >= 11 is 1.27. The van der Waals surface area contributed by atoms with Crippen molar-refractivity contribution in [2.45, 2.75) is 33.3 Å². The quantitative estimate of drug-likeness (QED) is 0.620. The van der Waals surface area contributed by atoms with Crippen molar-refractivity contribution < 1.29 is 19.5 Å². The molecule has 1 heterocycles. The molecule has 2 aromatic rings. The van der Waals surface area contributed by atoms with Crippen molar-refractivity contribution in [2.24, 2.45) is 0 Å². The zero-order valence-corrected chi connectivity index (χ0v) is 14.9. The number of ether oxygens (including phenoxy) is 1. The average molecular weight is 359 g/mol. The molecule has 23 heavy (non-hydrogen) atoms. The SMILES string of the molecule is Cc1nc(NOC(=O)OC(C)(C)C)sc1-c1ccccc1O.Cl. The molecule has 0 radical (unpaired) electrons. The number of aryl methyl sites for hydroxylation is 1. The van der Waals surface area contributed by atoms with Gasteiger partial charge in [0.2, 0.25) is 5.13 Å². The van der Waals surface area contributed by atoms with Crippen LogP contribution in [0, 0.1) is 6.92 Å². The van der Waals surface area contributed by atoms with Gasteiger partial charge in [0.1, 0.15) is 11.4 Å². The summed E-state index contributed by atoms with van der Waals surface area (Å²) in [5, 5.41) is 10.3. The molecule has 6 nitrogen and oxygen atoms in total. The van der Waals surface area contributed by atoms with Gasteiger partial charge in [-0.3, -0.25) is 0 Å². The molecular weight excluding hydrogens is 340 g/mol. The number of carbonyl (C=O) groups excluding carboxylic acids is 1. The Morgan fingerprint density at radius 2 is 1.96 bits per heavy atom. The molecule has 0 aliphatic carbocycles. The van der Waals surface area contributed by atoms with Crippen LogP contribution in [0.25, 0.3) is 10.4 Å². The number of nitrogens with one attached hydrogen (secondary N) is 1. The van der Waals surface area contributed by atoms with Crippen molar-refractivity contribution in [1.82, 2.24) is 4.98 Å². The van der Waals surface area contributed by atoms with Crippen LogP contribution in [0.2, 0.25) is 0 Å². The molecule has 1 aromatic heterocycles. The average Bonchev–Trinajstić information content (AvgIpc) is 2.76. The molecule has 0 bridgehead atoms. The van der Waals surface area contributed by atoms with Gasteiger partial charge in [0, 0.05) is 5.56 Å². The summed E-state index contributed by atoms with van der Waals surface area (Å²) in [6.07, 6.45) is -0.829. The monoisotopic (exact) mass is 358 g/mol. The highest BCUT2D eigenvalue weighted by molar-refractivity contribution is 7.19. The van der Waals surface area contributed by atoms with Gasteiger partial charge in [-0.1, -0.05) is 23.5 Å². The van der Waals surface area contributed by atoms with E-state index < -0.39 is 11.8 Å². The molecule has 8 heteroatoms. The van der Waals surface area contributed by atoms with Crippen LogP contribution in [0.5, 0.6) is 5.75 Å². The van der Waals surface area contributed by atoms with Crippen LogP contribution in [0.15, 0.2) is 24.3 Å². The number of benzene rings is 1. The summed E-state index contributed by atoms with van der Waals surface area (Å²) in [6, 6.07) is 6.99. The molecule has 0 spiro atoms. The molecule has 2 rings (SSSR count). The van der Waals surface area contributed by atoms with Crippen LogP contribution in [-0.2, 0) is 9.57 Å². The van der Waals surface area contributed by atoms with Crippen molar-refractivity contribution >= 4 is 35.0 Å². The molecule has 0 atom stereocenters. The van der Waals surface area contributed by atoms with Gasteiger partial charge < -0.3 is 14.7 Å². The first kappa shape index (κ1) is 19.1. The summed E-state index contributed by atoms with van der Waals surface area (Å²) in [6.45, 7) is 7.06. The lowest BCUT2D eigenvalue weighted by molar-refractivity contribution is 0.00298. The number of rotatable bonds is 3. The van der Waals surface area contributed by atoms with Crippen LogP contribution >= 0.6 is 23.7 Å². The number of hydrogen-bond donors (Lipinski definition) is 2. The third-order valence-corrected chi connectivity index (χ3v) is 3.64. The number of halogens is 1. The number of thiazole rings is 1. The van der Waals surface area contributed by atoms with Gasteiger partial charge in [-0.15, -0.1) is 12.4 Å². The number of nitrogens with zero attached hydrogens (tertiary/aromatic N) is 1. The molecule has 0 amide bonds. The molecule has 0 aliphatic rings. The van der Waals surface area contributed by atoms with Crippen molar-refractivity contribution in [2.75, 3.05) is 5.48 Å². The fourth-order valence-corrected chi connectivity index (χ4v) is 2.65. The fourth-order valence-electron chi connectivity index (χ4n) is 1.71. The van der Waals surface area contributed by atoms with Crippen LogP contribution in [-0.4, -0.2) is 21.8 Å². The second-order valence-corrected chi connectivity index (χ2v) is 6.62. The van der Waals surface area contributed by atoms with Crippen LogP contribution < -0.4 is 5.48 Å². The Bertz CT molecular complexity index is 682. The van der Waals surface area contributed by atoms with E-state index in [1.807, 2.05) is 13.0 Å². The molecule has 0 aliphatic heterocycles. The molecule has 0 saturated heterocycles. The Kier molecular flexibility index (Phi) is 6.23. The maximum absolute atomic E-state index is 11.5. The van der Waals surface area contributed by atoms with Gasteiger partial charge in [0.15, 0.2) is 0 Å². The van der Waals surface area contributed by atoms with E-state index in [2.05, 4.69) is 10.5 Å². The van der Waals surface area contributed by atoms with E-state index in [4.69, 9.17) is 9.57 Å². The smallest absolute Gasteiger partial charge is 0.507 e. The minimum Gasteiger partial charge on any atom is -0.507 e. The Labute approximate surface area is 144 Å². The van der Waals surface area contributed by atoms with Crippen LogP contribution in [0.3, 0.4) is 0 Å². The molecule has 0 unspecified atom stereocenters. The van der Waals surface area contributed by atoms with E-state index >= 15 is 0 Å². The minimum absolute atomic E-state index is 0. The number of aromatic hydroxyl groups is 1. The first-order chi connectivity index (χ1) is 10.3. The van der Waals surface area contributed by atoms with Gasteiger partial charge in [0.25, 0.3) is 0 Å². The van der Waals surface area contributed by atoms with E-state index in [1.54, 1.807) is 39.0 Å². The van der Waals surface area contributed by atoms with Gasteiger partial charge >= 0.3 is 6.16 Å². The zero-order chi connectivity index (χ0) is 16.3. The summed E-state index contributed by atoms with van der Waals surface area (Å²) in [5.41, 5.74) is 3.25. The lowest BCUT2D eigenvalue weighted by atomic mass is 10.1. The molecule has 0 saturated carbocycles. The molecule has 1 aromatic carbocycles. The number of para-hydroxylation sites is 1. The first-order valence-electron chi connectivity index (χ1n) is 6.68. The maximum atomic E-state index is 11.5. The summed E-state index contributed by atoms with van der Waals surface area (Å²) < 4.78 is 5.01. The van der Waals surface area contributed by atoms with E-state index in [-0.39, 0.29) is 18.2 Å². The predicted molar refractivity (Wildman–Crippen MR) is 92.1 cm³/mol.